The van der Waals surface area contributed by atoms with Crippen LogP contribution < -0.4 is 20.1 Å². The van der Waals surface area contributed by atoms with Gasteiger partial charge in [0.2, 0.25) is 10.0 Å². The maximum atomic E-state index is 12.5. The van der Waals surface area contributed by atoms with Crippen LogP contribution in [0, 0.1) is 0 Å². The number of benzene rings is 2. The van der Waals surface area contributed by atoms with E-state index < -0.39 is 16.6 Å². The van der Waals surface area contributed by atoms with Crippen LogP contribution in [-0.2, 0) is 23.1 Å². The second-order valence-electron chi connectivity index (χ2n) is 5.89. The van der Waals surface area contributed by atoms with E-state index >= 15 is 0 Å². The van der Waals surface area contributed by atoms with Crippen LogP contribution in [0.1, 0.15) is 18.1 Å². The summed E-state index contributed by atoms with van der Waals surface area (Å²) in [5.74, 6) is 0.553. The lowest BCUT2D eigenvalue weighted by atomic mass is 10.2. The first-order valence-corrected chi connectivity index (χ1v) is 10.4. The number of nitrogens with zero attached hydrogens (tertiary/aromatic N) is 1. The highest BCUT2D eigenvalue weighted by Gasteiger charge is 2.12. The van der Waals surface area contributed by atoms with Crippen LogP contribution in [0.3, 0.4) is 0 Å². The van der Waals surface area contributed by atoms with Gasteiger partial charge >= 0.3 is 6.61 Å². The Morgan fingerprint density at radius 3 is 2.59 bits per heavy atom. The third-order valence-electron chi connectivity index (χ3n) is 3.88. The van der Waals surface area contributed by atoms with Crippen molar-refractivity contribution in [2.75, 3.05) is 13.6 Å². The van der Waals surface area contributed by atoms with Crippen molar-refractivity contribution in [3.05, 3.63) is 59.7 Å². The molecular formula is C19H24F2N4O3S. The van der Waals surface area contributed by atoms with Crippen molar-refractivity contribution >= 4 is 16.0 Å². The summed E-state index contributed by atoms with van der Waals surface area (Å²) in [5.41, 5.74) is 1.26. The summed E-state index contributed by atoms with van der Waals surface area (Å²) >= 11 is 0. The van der Waals surface area contributed by atoms with Crippen LogP contribution >= 0.6 is 0 Å². The zero-order valence-electron chi connectivity index (χ0n) is 16.2. The number of hydrogen-bond donors (Lipinski definition) is 3. The van der Waals surface area contributed by atoms with Gasteiger partial charge in [-0.2, -0.15) is 8.78 Å². The van der Waals surface area contributed by atoms with Crippen LogP contribution in [0.4, 0.5) is 8.78 Å². The number of halogens is 2. The summed E-state index contributed by atoms with van der Waals surface area (Å²) in [7, 11) is -2.19. The summed E-state index contributed by atoms with van der Waals surface area (Å²) in [6, 6.07) is 13.0. The van der Waals surface area contributed by atoms with Crippen LogP contribution in [0.2, 0.25) is 0 Å². The van der Waals surface area contributed by atoms with E-state index in [0.717, 1.165) is 0 Å². The average molecular weight is 426 g/mol. The second kappa shape index (κ2) is 10.7. The van der Waals surface area contributed by atoms with Crippen molar-refractivity contribution in [3.63, 3.8) is 0 Å². The van der Waals surface area contributed by atoms with Crippen molar-refractivity contribution in [2.45, 2.75) is 31.5 Å². The summed E-state index contributed by atoms with van der Waals surface area (Å²) in [5, 5.41) is 6.12. The standard InChI is InChI=1S/C19H24F2N4O3S/c1-3-23-19(25-13-15-8-4-5-10-17(15)28-18(20)21)24-12-14-7-6-9-16(11-14)29(26,27)22-2/h4-11,18,22H,3,12-13H2,1-2H3,(H2,23,24,25). The molecule has 0 aliphatic carbocycles. The largest absolute Gasteiger partial charge is 0.434 e. The van der Waals surface area contributed by atoms with Crippen molar-refractivity contribution in [1.29, 1.82) is 0 Å². The molecule has 158 valence electrons. The van der Waals surface area contributed by atoms with Gasteiger partial charge in [0.15, 0.2) is 5.96 Å². The molecule has 2 aromatic rings. The van der Waals surface area contributed by atoms with Gasteiger partial charge in [-0.25, -0.2) is 18.1 Å². The van der Waals surface area contributed by atoms with Gasteiger partial charge in [-0.05, 0) is 37.7 Å². The highest BCUT2D eigenvalue weighted by Crippen LogP contribution is 2.20. The molecule has 0 aliphatic rings. The Hall–Kier alpha value is -2.72. The normalized spacial score (nSPS) is 12.1. The molecule has 0 fully saturated rings. The summed E-state index contributed by atoms with van der Waals surface area (Å²) in [4.78, 5) is 4.58. The number of aliphatic imine (C=N–C) groups is 1. The molecule has 0 unspecified atom stereocenters. The molecule has 7 nitrogen and oxygen atoms in total. The topological polar surface area (TPSA) is 91.8 Å². The van der Waals surface area contributed by atoms with Gasteiger partial charge in [-0.15, -0.1) is 0 Å². The summed E-state index contributed by atoms with van der Waals surface area (Å²) in [6.07, 6.45) is 0. The van der Waals surface area contributed by atoms with Gasteiger partial charge in [-0.1, -0.05) is 30.3 Å². The van der Waals surface area contributed by atoms with Crippen LogP contribution in [0.5, 0.6) is 5.75 Å². The van der Waals surface area contributed by atoms with Gasteiger partial charge in [0.05, 0.1) is 11.4 Å². The molecule has 0 saturated heterocycles. The lowest BCUT2D eigenvalue weighted by Crippen LogP contribution is -2.36. The summed E-state index contributed by atoms with van der Waals surface area (Å²) in [6.45, 7) is 0.0418. The van der Waals surface area contributed by atoms with Gasteiger partial charge < -0.3 is 15.4 Å². The van der Waals surface area contributed by atoms with Gasteiger partial charge in [-0.3, -0.25) is 0 Å². The van der Waals surface area contributed by atoms with E-state index in [0.29, 0.717) is 23.6 Å². The fourth-order valence-electron chi connectivity index (χ4n) is 2.48. The Kier molecular flexibility index (Phi) is 8.34. The van der Waals surface area contributed by atoms with E-state index in [1.165, 1.54) is 19.2 Å². The van der Waals surface area contributed by atoms with E-state index in [4.69, 9.17) is 0 Å². The first-order valence-electron chi connectivity index (χ1n) is 8.93. The Morgan fingerprint density at radius 1 is 1.14 bits per heavy atom. The van der Waals surface area contributed by atoms with E-state index in [1.807, 2.05) is 6.92 Å². The molecule has 0 bridgehead atoms. The van der Waals surface area contributed by atoms with Crippen LogP contribution in [-0.4, -0.2) is 34.6 Å². The van der Waals surface area contributed by atoms with Gasteiger partial charge in [0.25, 0.3) is 0 Å². The highest BCUT2D eigenvalue weighted by molar-refractivity contribution is 7.89. The maximum absolute atomic E-state index is 12.5. The van der Waals surface area contributed by atoms with Gasteiger partial charge in [0.1, 0.15) is 5.75 Å². The fourth-order valence-corrected chi connectivity index (χ4v) is 3.28. The number of rotatable bonds is 9. The number of guanidine groups is 1. The lowest BCUT2D eigenvalue weighted by Gasteiger charge is -2.14. The minimum absolute atomic E-state index is 0.0934. The highest BCUT2D eigenvalue weighted by atomic mass is 32.2. The molecule has 0 radical (unpaired) electrons. The quantitative estimate of drug-likeness (QED) is 0.423. The number of hydrogen-bond acceptors (Lipinski definition) is 4. The third kappa shape index (κ3) is 6.99. The zero-order valence-corrected chi connectivity index (χ0v) is 17.0. The molecule has 0 heterocycles. The van der Waals surface area contributed by atoms with Crippen LogP contribution in [0.15, 0.2) is 58.4 Å². The van der Waals surface area contributed by atoms with E-state index in [-0.39, 0.29) is 23.7 Å². The Balaban J connectivity index is 2.11. The number of alkyl halides is 2. The van der Waals surface area contributed by atoms with Crippen molar-refractivity contribution < 1.29 is 21.9 Å². The number of sulfonamides is 1. The minimum atomic E-state index is -3.54. The molecule has 3 N–H and O–H groups in total. The molecule has 2 rings (SSSR count). The second-order valence-corrected chi connectivity index (χ2v) is 7.78. The average Bonchev–Trinajstić information content (AvgIpc) is 2.71. The number of para-hydroxylation sites is 1. The zero-order chi connectivity index (χ0) is 21.3. The summed E-state index contributed by atoms with van der Waals surface area (Å²) < 4.78 is 55.7. The molecule has 29 heavy (non-hydrogen) atoms. The van der Waals surface area contributed by atoms with Crippen LogP contribution in [0.25, 0.3) is 0 Å². The number of nitrogens with one attached hydrogen (secondary N) is 3. The molecule has 0 amide bonds. The molecule has 0 aliphatic heterocycles. The molecule has 0 aromatic heterocycles. The molecular weight excluding hydrogens is 402 g/mol. The molecule has 0 atom stereocenters. The maximum Gasteiger partial charge on any atom is 0.387 e. The molecule has 0 spiro atoms. The monoisotopic (exact) mass is 426 g/mol. The fraction of sp³-hybridized carbons (Fsp3) is 0.316. The van der Waals surface area contributed by atoms with Gasteiger partial charge in [0, 0.05) is 18.7 Å². The third-order valence-corrected chi connectivity index (χ3v) is 5.29. The lowest BCUT2D eigenvalue weighted by molar-refractivity contribution is -0.0504. The smallest absolute Gasteiger partial charge is 0.387 e. The Bertz CT molecular complexity index is 937. The predicted molar refractivity (Wildman–Crippen MR) is 107 cm³/mol. The van der Waals surface area contributed by atoms with E-state index in [9.17, 15) is 17.2 Å². The predicted octanol–water partition coefficient (Wildman–Crippen LogP) is 2.45. The molecule has 0 saturated carbocycles. The minimum Gasteiger partial charge on any atom is -0.434 e. The van der Waals surface area contributed by atoms with E-state index in [2.05, 4.69) is 25.1 Å². The Labute approximate surface area is 169 Å². The van der Waals surface area contributed by atoms with Crippen molar-refractivity contribution in [2.24, 2.45) is 4.99 Å². The first kappa shape index (κ1) is 22.6. The van der Waals surface area contributed by atoms with Crippen molar-refractivity contribution in [1.82, 2.24) is 15.4 Å². The first-order chi connectivity index (χ1) is 13.9. The Morgan fingerprint density at radius 2 is 1.90 bits per heavy atom. The SMILES string of the molecule is CCNC(=NCc1cccc(S(=O)(=O)NC)c1)NCc1ccccc1OC(F)F. The molecule has 10 heteroatoms. The van der Waals surface area contributed by atoms with E-state index in [1.54, 1.807) is 36.4 Å². The number of ether oxygens (including phenoxy) is 1. The van der Waals surface area contributed by atoms with Crippen molar-refractivity contribution in [3.8, 4) is 5.75 Å². The molecule has 2 aromatic carbocycles.